The van der Waals surface area contributed by atoms with Gasteiger partial charge in [0, 0.05) is 55.4 Å². The van der Waals surface area contributed by atoms with E-state index in [0.29, 0.717) is 17.3 Å². The van der Waals surface area contributed by atoms with Crippen LogP contribution in [0.1, 0.15) is 12.8 Å². The molecule has 0 spiro atoms. The van der Waals surface area contributed by atoms with Crippen LogP contribution in [0.2, 0.25) is 5.28 Å². The third-order valence-corrected chi connectivity index (χ3v) is 4.25. The molecule has 0 aliphatic carbocycles. The predicted molar refractivity (Wildman–Crippen MR) is 101 cm³/mol. The fourth-order valence-corrected chi connectivity index (χ4v) is 2.50. The van der Waals surface area contributed by atoms with E-state index >= 15 is 0 Å². The smallest absolute Gasteiger partial charge is 0.423 e. The fourth-order valence-electron chi connectivity index (χ4n) is 2.40. The van der Waals surface area contributed by atoms with Crippen LogP contribution in [-0.4, -0.2) is 79.1 Å². The molecule has 0 amide bonds. The average molecular weight is 395 g/mol. The molecule has 27 heavy (non-hydrogen) atoms. The Morgan fingerprint density at radius 1 is 0.889 bits per heavy atom. The van der Waals surface area contributed by atoms with E-state index in [4.69, 9.17) is 36.8 Å². The van der Waals surface area contributed by atoms with Gasteiger partial charge in [0.25, 0.3) is 0 Å². The summed E-state index contributed by atoms with van der Waals surface area (Å²) in [6.07, 6.45) is 7.21. The first-order valence-electron chi connectivity index (χ1n) is 8.28. The van der Waals surface area contributed by atoms with Gasteiger partial charge in [-0.1, -0.05) is 0 Å². The van der Waals surface area contributed by atoms with Crippen molar-refractivity contribution in [3.8, 4) is 0 Å². The van der Waals surface area contributed by atoms with Crippen LogP contribution < -0.4 is 15.8 Å². The van der Waals surface area contributed by atoms with Crippen molar-refractivity contribution in [3.05, 3.63) is 30.1 Å². The molecule has 1 saturated heterocycles. The Kier molecular flexibility index (Phi) is 8.35. The normalized spacial score (nSPS) is 14.4. The number of halogens is 1. The van der Waals surface area contributed by atoms with E-state index in [9.17, 15) is 0 Å². The quantitative estimate of drug-likeness (QED) is 0.270. The Morgan fingerprint density at radius 3 is 1.74 bits per heavy atom. The highest BCUT2D eigenvalue weighted by atomic mass is 35.5. The van der Waals surface area contributed by atoms with Crippen molar-refractivity contribution < 1.29 is 25.2 Å². The number of hydrogen-bond donors (Lipinski definition) is 5. The number of aromatic nitrogens is 4. The van der Waals surface area contributed by atoms with Crippen LogP contribution in [0.3, 0.4) is 0 Å². The summed E-state index contributed by atoms with van der Waals surface area (Å²) in [7, 11) is -3.05. The van der Waals surface area contributed by atoms with Gasteiger partial charge in [0.05, 0.1) is 0 Å². The molecule has 1 aliphatic rings. The third kappa shape index (κ3) is 6.69. The minimum atomic E-state index is -1.53. The Bertz CT molecular complexity index is 687. The topological polar surface area (TPSA) is 156 Å². The van der Waals surface area contributed by atoms with Crippen LogP contribution in [0, 0.1) is 5.92 Å². The number of nitrogens with zero attached hydrogens (tertiary/aromatic N) is 5. The Morgan fingerprint density at radius 2 is 1.33 bits per heavy atom. The molecular weight excluding hydrogens is 375 g/mol. The van der Waals surface area contributed by atoms with E-state index in [2.05, 4.69) is 19.9 Å². The van der Waals surface area contributed by atoms with E-state index in [0.717, 1.165) is 25.9 Å². The monoisotopic (exact) mass is 395 g/mol. The molecule has 0 unspecified atom stereocenters. The van der Waals surface area contributed by atoms with Gasteiger partial charge >= 0.3 is 14.2 Å². The first-order chi connectivity index (χ1) is 12.9. The van der Waals surface area contributed by atoms with E-state index in [1.165, 1.54) is 24.8 Å². The number of aliphatic hydroxyl groups is 1. The number of aliphatic hydroxyl groups excluding tert-OH is 1. The maximum atomic E-state index is 9.04. The van der Waals surface area contributed by atoms with Gasteiger partial charge in [-0.3, -0.25) is 0 Å². The van der Waals surface area contributed by atoms with Crippen LogP contribution in [-0.2, 0) is 0 Å². The second kappa shape index (κ2) is 10.5. The molecule has 2 aromatic rings. The lowest BCUT2D eigenvalue weighted by molar-refractivity contribution is 0.202. The molecule has 3 rings (SSSR count). The summed E-state index contributed by atoms with van der Waals surface area (Å²) in [5.74, 6) is 0.982. The zero-order valence-corrected chi connectivity index (χ0v) is 15.2. The lowest BCUT2D eigenvalue weighted by atomic mass is 9.83. The molecule has 13 heteroatoms. The van der Waals surface area contributed by atoms with Gasteiger partial charge in [0.1, 0.15) is 0 Å². The average Bonchev–Trinajstić information content (AvgIpc) is 2.69. The molecule has 10 nitrogen and oxygen atoms in total. The molecule has 2 aromatic heterocycles. The fraction of sp³-hybridized carbons (Fsp3) is 0.429. The maximum absolute atomic E-state index is 9.04. The van der Waals surface area contributed by atoms with Gasteiger partial charge in [-0.25, -0.2) is 19.9 Å². The first-order valence-corrected chi connectivity index (χ1v) is 8.66. The zero-order chi connectivity index (χ0) is 19.8. The van der Waals surface area contributed by atoms with Crippen molar-refractivity contribution >= 4 is 42.7 Å². The minimum absolute atomic E-state index is 0.0874. The summed E-state index contributed by atoms with van der Waals surface area (Å²) in [5, 5.41) is 44.1. The second-order valence-electron chi connectivity index (χ2n) is 5.96. The Balaban J connectivity index is 0.000000223. The Hall–Kier alpha value is -1.82. The molecule has 1 aliphatic heterocycles. The van der Waals surface area contributed by atoms with Crippen LogP contribution >= 0.6 is 11.6 Å². The van der Waals surface area contributed by atoms with Crippen LogP contribution in [0.4, 0.5) is 5.95 Å². The highest BCUT2D eigenvalue weighted by Crippen LogP contribution is 2.19. The molecule has 0 atom stereocenters. The van der Waals surface area contributed by atoms with Crippen molar-refractivity contribution in [1.29, 1.82) is 0 Å². The van der Waals surface area contributed by atoms with Crippen molar-refractivity contribution in [2.45, 2.75) is 12.8 Å². The number of piperidine rings is 1. The third-order valence-electron chi connectivity index (χ3n) is 4.05. The summed E-state index contributed by atoms with van der Waals surface area (Å²) < 4.78 is 0. The van der Waals surface area contributed by atoms with Gasteiger partial charge in [-0.15, -0.1) is 0 Å². The van der Waals surface area contributed by atoms with Crippen LogP contribution in [0.15, 0.2) is 24.8 Å². The van der Waals surface area contributed by atoms with Crippen molar-refractivity contribution in [2.75, 3.05) is 24.6 Å². The lowest BCUT2D eigenvalue weighted by Gasteiger charge is -2.31. The lowest BCUT2D eigenvalue weighted by Crippen LogP contribution is -2.37. The summed E-state index contributed by atoms with van der Waals surface area (Å²) in [4.78, 5) is 17.3. The first kappa shape index (κ1) is 21.5. The number of hydrogen-bond acceptors (Lipinski definition) is 10. The maximum Gasteiger partial charge on any atom is 0.491 e. The molecule has 0 saturated carbocycles. The van der Waals surface area contributed by atoms with E-state index in [1.807, 2.05) is 4.90 Å². The standard InChI is InChI=1S/C10H16BN3O3.C4H4BClN2O2/c15-7-8-1-3-14(4-2-8)10-12-5-9(6-13-10)11(16)17;6-4-7-1-3(2-8-4)5(9)10/h5-6,8,15-17H,1-4,7H2;1-2,9-10H. The summed E-state index contributed by atoms with van der Waals surface area (Å²) in [6.45, 7) is 1.89. The predicted octanol–water partition coefficient (Wildman–Crippen LogP) is -2.83. The zero-order valence-electron chi connectivity index (χ0n) is 14.4. The van der Waals surface area contributed by atoms with E-state index in [-0.39, 0.29) is 17.4 Å². The van der Waals surface area contributed by atoms with Crippen molar-refractivity contribution in [3.63, 3.8) is 0 Å². The van der Waals surface area contributed by atoms with Gasteiger partial charge in [-0.2, -0.15) is 0 Å². The van der Waals surface area contributed by atoms with Crippen LogP contribution in [0.25, 0.3) is 0 Å². The molecule has 5 N–H and O–H groups in total. The van der Waals surface area contributed by atoms with Crippen molar-refractivity contribution in [1.82, 2.24) is 19.9 Å². The molecular formula is C14H20B2ClN5O5. The number of rotatable bonds is 4. The number of anilines is 1. The largest absolute Gasteiger partial charge is 0.491 e. The van der Waals surface area contributed by atoms with Crippen molar-refractivity contribution in [2.24, 2.45) is 5.92 Å². The van der Waals surface area contributed by atoms with E-state index < -0.39 is 14.2 Å². The summed E-state index contributed by atoms with van der Waals surface area (Å²) in [5.41, 5.74) is 0.517. The molecule has 1 fully saturated rings. The van der Waals surface area contributed by atoms with Gasteiger partial charge < -0.3 is 30.1 Å². The van der Waals surface area contributed by atoms with Gasteiger partial charge in [0.2, 0.25) is 11.2 Å². The summed E-state index contributed by atoms with van der Waals surface area (Å²) in [6, 6.07) is 0. The molecule has 0 radical (unpaired) electrons. The van der Waals surface area contributed by atoms with Gasteiger partial charge in [-0.05, 0) is 30.4 Å². The SMILES string of the molecule is OB(O)c1cnc(Cl)nc1.OCC1CCN(c2ncc(B(O)O)cn2)CC1. The van der Waals surface area contributed by atoms with Gasteiger partial charge in [0.15, 0.2) is 0 Å². The molecule has 144 valence electrons. The molecule has 0 bridgehead atoms. The van der Waals surface area contributed by atoms with E-state index in [1.54, 1.807) is 0 Å². The summed E-state index contributed by atoms with van der Waals surface area (Å²) >= 11 is 5.33. The minimum Gasteiger partial charge on any atom is -0.423 e. The molecule has 3 heterocycles. The van der Waals surface area contributed by atoms with Crippen LogP contribution in [0.5, 0.6) is 0 Å². The molecule has 0 aromatic carbocycles. The second-order valence-corrected chi connectivity index (χ2v) is 6.30. The Labute approximate surface area is 161 Å². The highest BCUT2D eigenvalue weighted by Gasteiger charge is 2.21. The highest BCUT2D eigenvalue weighted by molar-refractivity contribution is 6.58.